The van der Waals surface area contributed by atoms with Gasteiger partial charge in [0.2, 0.25) is 5.91 Å². The van der Waals surface area contributed by atoms with E-state index in [-0.39, 0.29) is 18.4 Å². The minimum Gasteiger partial charge on any atom is -0.481 e. The van der Waals surface area contributed by atoms with E-state index in [1.807, 2.05) is 13.2 Å². The lowest BCUT2D eigenvalue weighted by Gasteiger charge is -2.33. The predicted molar refractivity (Wildman–Crippen MR) is 77.3 cm³/mol. The normalized spacial score (nSPS) is 19.4. The molecule has 0 spiro atoms. The highest BCUT2D eigenvalue weighted by atomic mass is 32.2. The second kappa shape index (κ2) is 6.60. The van der Waals surface area contributed by atoms with E-state index in [9.17, 15) is 9.59 Å². The maximum absolute atomic E-state index is 12.2. The van der Waals surface area contributed by atoms with Gasteiger partial charge in [-0.1, -0.05) is 0 Å². The van der Waals surface area contributed by atoms with Crippen molar-refractivity contribution in [3.63, 3.8) is 0 Å². The lowest BCUT2D eigenvalue weighted by atomic mass is 10.2. The predicted octanol–water partition coefficient (Wildman–Crippen LogP) is 0.852. The number of carboxylic acid groups (broad SMARTS) is 1. The summed E-state index contributed by atoms with van der Waals surface area (Å²) >= 11 is 1.69. The molecule has 1 aromatic rings. The number of thioether (sulfide) groups is 1. The number of amides is 1. The van der Waals surface area contributed by atoms with Gasteiger partial charge in [0.1, 0.15) is 0 Å². The molecule has 1 amide bonds. The van der Waals surface area contributed by atoms with E-state index >= 15 is 0 Å². The lowest BCUT2D eigenvalue weighted by Crippen LogP contribution is -2.46. The molecule has 108 valence electrons. The quantitative estimate of drug-likeness (QED) is 0.834. The van der Waals surface area contributed by atoms with Gasteiger partial charge >= 0.3 is 5.97 Å². The van der Waals surface area contributed by atoms with Crippen molar-refractivity contribution in [1.29, 1.82) is 0 Å². The van der Waals surface area contributed by atoms with Gasteiger partial charge in [0.05, 0.1) is 18.7 Å². The summed E-state index contributed by atoms with van der Waals surface area (Å²) in [6, 6.07) is -0.225. The van der Waals surface area contributed by atoms with Crippen molar-refractivity contribution in [2.45, 2.75) is 12.5 Å². The molecule has 2 heterocycles. The van der Waals surface area contributed by atoms with Crippen LogP contribution in [0, 0.1) is 0 Å². The number of hydrogen-bond donors (Lipinski definition) is 1. The molecular formula is C13H17N3O3S. The van der Waals surface area contributed by atoms with Gasteiger partial charge < -0.3 is 10.0 Å². The van der Waals surface area contributed by atoms with E-state index in [1.165, 1.54) is 6.08 Å². The molecule has 20 heavy (non-hydrogen) atoms. The highest BCUT2D eigenvalue weighted by molar-refractivity contribution is 7.99. The number of carboxylic acids is 1. The monoisotopic (exact) mass is 295 g/mol. The minimum atomic E-state index is -0.869. The first-order chi connectivity index (χ1) is 9.56. The summed E-state index contributed by atoms with van der Waals surface area (Å²) < 4.78 is 1.66. The minimum absolute atomic E-state index is 0.000523. The molecule has 0 radical (unpaired) electrons. The van der Waals surface area contributed by atoms with Crippen molar-refractivity contribution in [1.82, 2.24) is 14.7 Å². The zero-order chi connectivity index (χ0) is 14.5. The summed E-state index contributed by atoms with van der Waals surface area (Å²) in [7, 11) is 1.81. The van der Waals surface area contributed by atoms with Crippen LogP contribution >= 0.6 is 11.8 Å². The number of carbonyl (C=O) groups excluding carboxylic acids is 1. The van der Waals surface area contributed by atoms with Crippen molar-refractivity contribution >= 4 is 29.7 Å². The fraction of sp³-hybridized carbons (Fsp3) is 0.462. The Balaban J connectivity index is 2.02. The molecule has 1 saturated heterocycles. The number of aliphatic carboxylic acids is 1. The van der Waals surface area contributed by atoms with Crippen molar-refractivity contribution in [2.75, 3.05) is 18.1 Å². The Labute approximate surface area is 121 Å². The summed E-state index contributed by atoms with van der Waals surface area (Å²) in [6.07, 6.45) is 6.67. The summed E-state index contributed by atoms with van der Waals surface area (Å²) in [4.78, 5) is 24.7. The van der Waals surface area contributed by atoms with Crippen molar-refractivity contribution in [2.24, 2.45) is 7.05 Å². The number of carbonyl (C=O) groups is 2. The first-order valence-electron chi connectivity index (χ1n) is 6.33. The van der Waals surface area contributed by atoms with Crippen LogP contribution in [0.1, 0.15) is 12.0 Å². The Morgan fingerprint density at radius 3 is 3.05 bits per heavy atom. The third-order valence-corrected chi connectivity index (χ3v) is 4.16. The summed E-state index contributed by atoms with van der Waals surface area (Å²) in [5.41, 5.74) is 0.849. The third-order valence-electron chi connectivity index (χ3n) is 3.06. The van der Waals surface area contributed by atoms with Crippen LogP contribution < -0.4 is 0 Å². The molecule has 1 atom stereocenters. The van der Waals surface area contributed by atoms with Crippen LogP contribution in [-0.4, -0.2) is 55.8 Å². The number of hydrogen-bond acceptors (Lipinski definition) is 4. The molecule has 6 nitrogen and oxygen atoms in total. The average molecular weight is 295 g/mol. The van der Waals surface area contributed by atoms with Gasteiger partial charge in [-0.25, -0.2) is 0 Å². The topological polar surface area (TPSA) is 75.4 Å². The smallest absolute Gasteiger partial charge is 0.305 e. The van der Waals surface area contributed by atoms with Crippen molar-refractivity contribution in [3.8, 4) is 0 Å². The summed E-state index contributed by atoms with van der Waals surface area (Å²) in [5.74, 6) is 0.522. The zero-order valence-electron chi connectivity index (χ0n) is 11.2. The van der Waals surface area contributed by atoms with E-state index in [0.717, 1.165) is 11.3 Å². The molecule has 0 bridgehead atoms. The number of nitrogens with zero attached hydrogens (tertiary/aromatic N) is 3. The molecule has 2 rings (SSSR count). The number of rotatable bonds is 4. The SMILES string of the molecule is Cn1cc(/C=C/C(=O)N2CCSCC2CC(=O)O)cn1. The average Bonchev–Trinajstić information content (AvgIpc) is 2.82. The molecule has 0 saturated carbocycles. The highest BCUT2D eigenvalue weighted by Gasteiger charge is 2.27. The van der Waals surface area contributed by atoms with Crippen LogP contribution in [0.5, 0.6) is 0 Å². The fourth-order valence-corrected chi connectivity index (χ4v) is 3.17. The van der Waals surface area contributed by atoms with Gasteiger partial charge in [0.25, 0.3) is 0 Å². The zero-order valence-corrected chi connectivity index (χ0v) is 12.0. The Kier molecular flexibility index (Phi) is 4.84. The van der Waals surface area contributed by atoms with Crippen molar-refractivity contribution < 1.29 is 14.7 Å². The van der Waals surface area contributed by atoms with E-state index in [0.29, 0.717) is 12.3 Å². The molecule has 1 aliphatic rings. The van der Waals surface area contributed by atoms with Crippen molar-refractivity contribution in [3.05, 3.63) is 24.0 Å². The largest absolute Gasteiger partial charge is 0.481 e. The Morgan fingerprint density at radius 1 is 1.60 bits per heavy atom. The van der Waals surface area contributed by atoms with Gasteiger partial charge in [0, 0.05) is 42.9 Å². The molecule has 7 heteroatoms. The van der Waals surface area contributed by atoms with Crippen LogP contribution in [0.2, 0.25) is 0 Å². The number of aryl methyl sites for hydroxylation is 1. The first kappa shape index (κ1) is 14.6. The molecule has 1 unspecified atom stereocenters. The van der Waals surface area contributed by atoms with Gasteiger partial charge in [0.15, 0.2) is 0 Å². The molecule has 0 aromatic carbocycles. The molecule has 1 N–H and O–H groups in total. The summed E-state index contributed by atoms with van der Waals surface area (Å²) in [6.45, 7) is 0.596. The first-order valence-corrected chi connectivity index (χ1v) is 7.48. The molecule has 1 fully saturated rings. The van der Waals surface area contributed by atoms with Crippen LogP contribution in [0.15, 0.2) is 18.5 Å². The Hall–Kier alpha value is -1.76. The lowest BCUT2D eigenvalue weighted by molar-refractivity contribution is -0.139. The van der Waals surface area contributed by atoms with Gasteiger partial charge in [-0.2, -0.15) is 16.9 Å². The Morgan fingerprint density at radius 2 is 2.40 bits per heavy atom. The van der Waals surface area contributed by atoms with E-state index in [2.05, 4.69) is 5.10 Å². The van der Waals surface area contributed by atoms with Crippen LogP contribution in [0.25, 0.3) is 6.08 Å². The Bertz CT molecular complexity index is 527. The van der Waals surface area contributed by atoms with E-state index < -0.39 is 5.97 Å². The maximum atomic E-state index is 12.2. The van der Waals surface area contributed by atoms with Crippen LogP contribution in [0.4, 0.5) is 0 Å². The maximum Gasteiger partial charge on any atom is 0.305 e. The highest BCUT2D eigenvalue weighted by Crippen LogP contribution is 2.19. The van der Waals surface area contributed by atoms with Gasteiger partial charge in [-0.05, 0) is 6.08 Å². The molecule has 1 aromatic heterocycles. The molecule has 0 aliphatic carbocycles. The second-order valence-corrected chi connectivity index (χ2v) is 5.79. The molecule has 1 aliphatic heterocycles. The third kappa shape index (κ3) is 3.86. The second-order valence-electron chi connectivity index (χ2n) is 4.64. The van der Waals surface area contributed by atoms with E-state index in [1.54, 1.807) is 33.6 Å². The number of aromatic nitrogens is 2. The molecular weight excluding hydrogens is 278 g/mol. The van der Waals surface area contributed by atoms with E-state index in [4.69, 9.17) is 5.11 Å². The van der Waals surface area contributed by atoms with Gasteiger partial charge in [-0.3, -0.25) is 14.3 Å². The van der Waals surface area contributed by atoms with Crippen LogP contribution in [0.3, 0.4) is 0 Å². The van der Waals surface area contributed by atoms with Crippen LogP contribution in [-0.2, 0) is 16.6 Å². The van der Waals surface area contributed by atoms with Gasteiger partial charge in [-0.15, -0.1) is 0 Å². The fourth-order valence-electron chi connectivity index (χ4n) is 2.11. The standard InChI is InChI=1S/C13H17N3O3S/c1-15-8-10(7-14-15)2-3-12(17)16-4-5-20-9-11(16)6-13(18)19/h2-3,7-8,11H,4-6,9H2,1H3,(H,18,19)/b3-2+. The summed E-state index contributed by atoms with van der Waals surface area (Å²) in [5, 5.41) is 12.9.